The largest absolute Gasteiger partial charge is 0.492 e. The number of nitrogens with one attached hydrogen (secondary N) is 1. The Labute approximate surface area is 131 Å². The first-order chi connectivity index (χ1) is 9.97. The second-order valence-electron chi connectivity index (χ2n) is 3.66. The third kappa shape index (κ3) is 11.9. The van der Waals surface area contributed by atoms with Crippen molar-refractivity contribution in [3.8, 4) is 5.75 Å². The molecule has 0 unspecified atom stereocenters. The first-order valence-corrected chi connectivity index (χ1v) is 6.81. The van der Waals surface area contributed by atoms with E-state index in [2.05, 4.69) is 21.2 Å². The zero-order chi connectivity index (χ0) is 16.1. The van der Waals surface area contributed by atoms with Gasteiger partial charge in [-0.3, -0.25) is 0 Å². The molecule has 0 heterocycles. The molecule has 0 fully saturated rings. The van der Waals surface area contributed by atoms with Crippen molar-refractivity contribution in [2.45, 2.75) is 0 Å². The second kappa shape index (κ2) is 12.1. The molecule has 0 atom stereocenters. The summed E-state index contributed by atoms with van der Waals surface area (Å²) >= 11 is 3.39. The Balaban J connectivity index is 0.000000567. The molecule has 0 aliphatic rings. The average molecular weight is 364 g/mol. The van der Waals surface area contributed by atoms with Gasteiger partial charge in [-0.25, -0.2) is 9.59 Å². The first kappa shape index (κ1) is 19.4. The predicted octanol–water partition coefficient (Wildman–Crippen LogP) is 1.22. The zero-order valence-electron chi connectivity index (χ0n) is 11.5. The summed E-state index contributed by atoms with van der Waals surface area (Å²) < 4.78 is 11.5. The Morgan fingerprint density at radius 3 is 2.33 bits per heavy atom. The summed E-state index contributed by atoms with van der Waals surface area (Å²) in [5.41, 5.74) is 0. The van der Waals surface area contributed by atoms with E-state index in [1.807, 2.05) is 24.3 Å². The highest BCUT2D eigenvalue weighted by atomic mass is 79.9. The number of carboxylic acid groups (broad SMARTS) is 2. The van der Waals surface area contributed by atoms with Gasteiger partial charge >= 0.3 is 11.9 Å². The third-order valence-corrected chi connectivity index (χ3v) is 2.50. The normalized spacial score (nSPS) is 9.43. The van der Waals surface area contributed by atoms with Crippen molar-refractivity contribution >= 4 is 27.9 Å². The zero-order valence-corrected chi connectivity index (χ0v) is 13.1. The molecule has 0 radical (unpaired) electrons. The number of rotatable bonds is 7. The summed E-state index contributed by atoms with van der Waals surface area (Å²) in [6.07, 6.45) is 0. The van der Waals surface area contributed by atoms with Crippen LogP contribution < -0.4 is 10.1 Å². The van der Waals surface area contributed by atoms with Gasteiger partial charge in [0.15, 0.2) is 0 Å². The number of hydrogen-bond donors (Lipinski definition) is 3. The molecule has 1 aromatic rings. The smallest absolute Gasteiger partial charge is 0.414 e. The maximum absolute atomic E-state index is 9.10. The summed E-state index contributed by atoms with van der Waals surface area (Å²) in [4.78, 5) is 18.2. The minimum absolute atomic E-state index is 0.667. The summed E-state index contributed by atoms with van der Waals surface area (Å²) in [6.45, 7) is 3.09. The number of halogens is 1. The predicted molar refractivity (Wildman–Crippen MR) is 79.7 cm³/mol. The van der Waals surface area contributed by atoms with Gasteiger partial charge < -0.3 is 25.0 Å². The minimum atomic E-state index is -1.82. The van der Waals surface area contributed by atoms with Crippen LogP contribution in [0.25, 0.3) is 0 Å². The number of carboxylic acids is 2. The Kier molecular flexibility index (Phi) is 11.2. The fourth-order valence-electron chi connectivity index (χ4n) is 1.10. The molecule has 8 heteroatoms. The Morgan fingerprint density at radius 2 is 1.81 bits per heavy atom. The van der Waals surface area contributed by atoms with Crippen LogP contribution in [0.2, 0.25) is 0 Å². The molecule has 21 heavy (non-hydrogen) atoms. The van der Waals surface area contributed by atoms with Gasteiger partial charge in [0.05, 0.1) is 6.61 Å². The fourth-order valence-corrected chi connectivity index (χ4v) is 1.48. The van der Waals surface area contributed by atoms with Gasteiger partial charge in [0, 0.05) is 24.7 Å². The molecule has 0 aromatic heterocycles. The lowest BCUT2D eigenvalue weighted by atomic mass is 10.3. The van der Waals surface area contributed by atoms with Crippen LogP contribution in [0.5, 0.6) is 5.75 Å². The van der Waals surface area contributed by atoms with Crippen LogP contribution in [-0.2, 0) is 14.3 Å². The quantitative estimate of drug-likeness (QED) is 0.494. The van der Waals surface area contributed by atoms with Crippen molar-refractivity contribution in [2.24, 2.45) is 0 Å². The maximum atomic E-state index is 9.10. The van der Waals surface area contributed by atoms with Crippen LogP contribution in [0.4, 0.5) is 0 Å². The molecule has 1 aromatic carbocycles. The van der Waals surface area contributed by atoms with Crippen molar-refractivity contribution in [2.75, 3.05) is 33.4 Å². The fraction of sp³-hybridized carbons (Fsp3) is 0.385. The molecular weight excluding hydrogens is 346 g/mol. The molecular formula is C13H18BrNO6. The van der Waals surface area contributed by atoms with Crippen molar-refractivity contribution < 1.29 is 29.3 Å². The van der Waals surface area contributed by atoms with Crippen LogP contribution in [-0.4, -0.2) is 55.6 Å². The molecule has 0 amide bonds. The number of carbonyl (C=O) groups is 2. The minimum Gasteiger partial charge on any atom is -0.492 e. The van der Waals surface area contributed by atoms with Gasteiger partial charge in [-0.05, 0) is 18.2 Å². The Bertz CT molecular complexity index is 428. The molecule has 0 saturated carbocycles. The number of benzene rings is 1. The van der Waals surface area contributed by atoms with E-state index in [-0.39, 0.29) is 0 Å². The number of aliphatic carboxylic acids is 2. The Morgan fingerprint density at radius 1 is 1.19 bits per heavy atom. The molecule has 7 nitrogen and oxygen atoms in total. The lowest BCUT2D eigenvalue weighted by molar-refractivity contribution is -0.159. The molecule has 0 saturated heterocycles. The van der Waals surface area contributed by atoms with Crippen molar-refractivity contribution in [3.63, 3.8) is 0 Å². The molecule has 118 valence electrons. The van der Waals surface area contributed by atoms with E-state index < -0.39 is 11.9 Å². The van der Waals surface area contributed by atoms with Gasteiger partial charge in [-0.1, -0.05) is 22.0 Å². The second-order valence-corrected chi connectivity index (χ2v) is 4.57. The van der Waals surface area contributed by atoms with Crippen molar-refractivity contribution in [1.82, 2.24) is 5.32 Å². The van der Waals surface area contributed by atoms with E-state index >= 15 is 0 Å². The van der Waals surface area contributed by atoms with Gasteiger partial charge in [0.25, 0.3) is 0 Å². The van der Waals surface area contributed by atoms with Crippen LogP contribution >= 0.6 is 15.9 Å². The number of hydrogen-bond acceptors (Lipinski definition) is 5. The highest BCUT2D eigenvalue weighted by molar-refractivity contribution is 9.10. The van der Waals surface area contributed by atoms with Crippen LogP contribution in [0, 0.1) is 0 Å². The monoisotopic (exact) mass is 363 g/mol. The summed E-state index contributed by atoms with van der Waals surface area (Å²) in [6, 6.07) is 7.83. The Hall–Kier alpha value is -1.64. The van der Waals surface area contributed by atoms with E-state index in [4.69, 9.17) is 29.3 Å². The first-order valence-electron chi connectivity index (χ1n) is 6.01. The van der Waals surface area contributed by atoms with Gasteiger partial charge in [0.2, 0.25) is 0 Å². The van der Waals surface area contributed by atoms with E-state index in [9.17, 15) is 0 Å². The molecule has 0 bridgehead atoms. The van der Waals surface area contributed by atoms with Gasteiger partial charge in [-0.2, -0.15) is 0 Å². The van der Waals surface area contributed by atoms with Crippen molar-refractivity contribution in [1.29, 1.82) is 0 Å². The highest BCUT2D eigenvalue weighted by Crippen LogP contribution is 2.17. The van der Waals surface area contributed by atoms with E-state index in [1.54, 1.807) is 7.11 Å². The lowest BCUT2D eigenvalue weighted by Crippen LogP contribution is -2.24. The summed E-state index contributed by atoms with van der Waals surface area (Å²) in [7, 11) is 1.69. The molecule has 3 N–H and O–H groups in total. The van der Waals surface area contributed by atoms with Crippen molar-refractivity contribution in [3.05, 3.63) is 28.7 Å². The average Bonchev–Trinajstić information content (AvgIpc) is 2.43. The number of ether oxygens (including phenoxy) is 2. The molecule has 0 aliphatic carbocycles. The molecule has 0 spiro atoms. The third-order valence-electron chi connectivity index (χ3n) is 2.01. The molecule has 0 aliphatic heterocycles. The number of methoxy groups -OCH3 is 1. The SMILES string of the molecule is COCCNCCOc1cccc(Br)c1.O=C(O)C(=O)O. The topological polar surface area (TPSA) is 105 Å². The molecule has 1 rings (SSSR count). The van der Waals surface area contributed by atoms with Crippen LogP contribution in [0.15, 0.2) is 28.7 Å². The van der Waals surface area contributed by atoms with Crippen LogP contribution in [0.3, 0.4) is 0 Å². The van der Waals surface area contributed by atoms with E-state index in [0.717, 1.165) is 29.9 Å². The van der Waals surface area contributed by atoms with Gasteiger partial charge in [-0.15, -0.1) is 0 Å². The highest BCUT2D eigenvalue weighted by Gasteiger charge is 2.04. The summed E-state index contributed by atoms with van der Waals surface area (Å²) in [5, 5.41) is 18.0. The van der Waals surface area contributed by atoms with E-state index in [0.29, 0.717) is 6.61 Å². The lowest BCUT2D eigenvalue weighted by Gasteiger charge is -2.07. The van der Waals surface area contributed by atoms with Crippen LogP contribution in [0.1, 0.15) is 0 Å². The summed E-state index contributed by atoms with van der Waals surface area (Å²) in [5.74, 6) is -2.76. The van der Waals surface area contributed by atoms with E-state index in [1.165, 1.54) is 0 Å². The standard InChI is InChI=1S/C11H16BrNO2.C2H2O4/c1-14-7-5-13-6-8-15-11-4-2-3-10(12)9-11;3-1(4)2(5)6/h2-4,9,13H,5-8H2,1H3;(H,3,4)(H,5,6). The maximum Gasteiger partial charge on any atom is 0.414 e. The van der Waals surface area contributed by atoms with Gasteiger partial charge in [0.1, 0.15) is 12.4 Å².